The van der Waals surface area contributed by atoms with Gasteiger partial charge in [-0.3, -0.25) is 9.59 Å². The zero-order chi connectivity index (χ0) is 20.3. The normalized spacial score (nSPS) is 14.1. The Kier molecular flexibility index (Phi) is 7.06. The van der Waals surface area contributed by atoms with E-state index in [1.807, 2.05) is 24.0 Å². The van der Waals surface area contributed by atoms with Gasteiger partial charge in [0.05, 0.1) is 22.0 Å². The maximum Gasteiger partial charge on any atom is 0.257 e. The molecule has 0 spiro atoms. The second-order valence-corrected chi connectivity index (χ2v) is 8.55. The number of amides is 2. The first kappa shape index (κ1) is 21.2. The van der Waals surface area contributed by atoms with E-state index < -0.39 is 0 Å². The van der Waals surface area contributed by atoms with Gasteiger partial charge in [0.25, 0.3) is 5.91 Å². The summed E-state index contributed by atoms with van der Waals surface area (Å²) < 4.78 is 0.926. The van der Waals surface area contributed by atoms with Crippen molar-refractivity contribution in [3.63, 3.8) is 0 Å². The molecule has 0 unspecified atom stereocenters. The first-order valence-corrected chi connectivity index (χ1v) is 10.8. The van der Waals surface area contributed by atoms with Crippen LogP contribution < -0.4 is 10.2 Å². The predicted octanol–water partition coefficient (Wildman–Crippen LogP) is 4.91. The van der Waals surface area contributed by atoms with E-state index in [1.165, 1.54) is 0 Å². The largest absolute Gasteiger partial charge is 0.366 e. The van der Waals surface area contributed by atoms with E-state index in [0.29, 0.717) is 53.9 Å². The number of anilines is 2. The third-order valence-electron chi connectivity index (χ3n) is 4.66. The van der Waals surface area contributed by atoms with Crippen LogP contribution in [0, 0.1) is 3.57 Å². The van der Waals surface area contributed by atoms with Crippen LogP contribution in [0.5, 0.6) is 0 Å². The van der Waals surface area contributed by atoms with Gasteiger partial charge < -0.3 is 15.1 Å². The molecule has 0 bridgehead atoms. The molecule has 0 saturated carbocycles. The molecule has 1 aliphatic heterocycles. The van der Waals surface area contributed by atoms with E-state index in [9.17, 15) is 9.59 Å². The molecule has 2 aromatic rings. The summed E-state index contributed by atoms with van der Waals surface area (Å²) >= 11 is 14.5. The van der Waals surface area contributed by atoms with Crippen LogP contribution in [0.3, 0.4) is 0 Å². The third kappa shape index (κ3) is 4.90. The second-order valence-electron chi connectivity index (χ2n) is 6.46. The Morgan fingerprint density at radius 2 is 1.79 bits per heavy atom. The van der Waals surface area contributed by atoms with Gasteiger partial charge in [0.2, 0.25) is 5.91 Å². The van der Waals surface area contributed by atoms with E-state index in [0.717, 1.165) is 9.26 Å². The molecule has 0 radical (unpaired) electrons. The summed E-state index contributed by atoms with van der Waals surface area (Å²) in [5.41, 5.74) is 1.92. The first-order valence-electron chi connectivity index (χ1n) is 8.97. The van der Waals surface area contributed by atoms with Gasteiger partial charge in [0, 0.05) is 41.2 Å². The van der Waals surface area contributed by atoms with Crippen LogP contribution in [0.1, 0.15) is 23.7 Å². The highest BCUT2D eigenvalue weighted by atomic mass is 127. The number of halogens is 3. The molecule has 1 saturated heterocycles. The Balaban J connectivity index is 1.81. The predicted molar refractivity (Wildman–Crippen MR) is 123 cm³/mol. The fourth-order valence-corrected chi connectivity index (χ4v) is 4.03. The second kappa shape index (κ2) is 9.33. The minimum absolute atomic E-state index is 0.164. The Morgan fingerprint density at radius 3 is 2.46 bits per heavy atom. The van der Waals surface area contributed by atoms with Gasteiger partial charge in [-0.1, -0.05) is 30.1 Å². The zero-order valence-electron chi connectivity index (χ0n) is 15.3. The highest BCUT2D eigenvalue weighted by Crippen LogP contribution is 2.31. The van der Waals surface area contributed by atoms with E-state index >= 15 is 0 Å². The Bertz CT molecular complexity index is 899. The standard InChI is InChI=1S/C20H20Cl2IN3O2/c1-2-19(27)26-9-7-25(8-10-26)18-6-3-13(21)11-17(18)24-20(28)15-12-14(23)4-5-16(15)22/h3-6,11-12H,2,7-10H2,1H3,(H,24,28). The first-order chi connectivity index (χ1) is 13.4. The molecule has 2 amide bonds. The Morgan fingerprint density at radius 1 is 1.07 bits per heavy atom. The number of rotatable bonds is 4. The number of benzene rings is 2. The molecule has 0 aromatic heterocycles. The molecule has 28 heavy (non-hydrogen) atoms. The SMILES string of the molecule is CCC(=O)N1CCN(c2ccc(Cl)cc2NC(=O)c2cc(I)ccc2Cl)CC1. The van der Waals surface area contributed by atoms with Crippen LogP contribution in [0.2, 0.25) is 10.0 Å². The molecule has 1 N–H and O–H groups in total. The molecule has 1 fully saturated rings. The summed E-state index contributed by atoms with van der Waals surface area (Å²) in [6, 6.07) is 10.7. The highest BCUT2D eigenvalue weighted by Gasteiger charge is 2.23. The van der Waals surface area contributed by atoms with E-state index in [-0.39, 0.29) is 11.8 Å². The lowest BCUT2D eigenvalue weighted by molar-refractivity contribution is -0.131. The van der Waals surface area contributed by atoms with Gasteiger partial charge in [-0.05, 0) is 59.0 Å². The number of hydrogen-bond acceptors (Lipinski definition) is 3. The number of piperazine rings is 1. The van der Waals surface area contributed by atoms with Crippen molar-refractivity contribution in [1.82, 2.24) is 4.90 Å². The van der Waals surface area contributed by atoms with E-state index in [1.54, 1.807) is 24.3 Å². The van der Waals surface area contributed by atoms with Gasteiger partial charge in [0.15, 0.2) is 0 Å². The van der Waals surface area contributed by atoms with Crippen LogP contribution in [0.4, 0.5) is 11.4 Å². The summed E-state index contributed by atoms with van der Waals surface area (Å²) in [4.78, 5) is 28.7. The quantitative estimate of drug-likeness (QED) is 0.570. The molecule has 0 atom stereocenters. The maximum absolute atomic E-state index is 12.8. The lowest BCUT2D eigenvalue weighted by Crippen LogP contribution is -2.48. The summed E-state index contributed by atoms with van der Waals surface area (Å²) in [5.74, 6) is -0.121. The fourth-order valence-electron chi connectivity index (χ4n) is 3.17. The summed E-state index contributed by atoms with van der Waals surface area (Å²) in [7, 11) is 0. The van der Waals surface area contributed by atoms with Crippen molar-refractivity contribution in [2.24, 2.45) is 0 Å². The Labute approximate surface area is 188 Å². The molecule has 1 aliphatic rings. The Hall–Kier alpha value is -1.51. The average molecular weight is 532 g/mol. The van der Waals surface area contributed by atoms with Crippen LogP contribution in [0.15, 0.2) is 36.4 Å². The number of carbonyl (C=O) groups is 2. The number of nitrogens with one attached hydrogen (secondary N) is 1. The minimum atomic E-state index is -0.285. The van der Waals surface area contributed by atoms with Crippen LogP contribution in [0.25, 0.3) is 0 Å². The molecule has 3 rings (SSSR count). The minimum Gasteiger partial charge on any atom is -0.366 e. The molecule has 5 nitrogen and oxygen atoms in total. The van der Waals surface area contributed by atoms with Crippen LogP contribution in [-0.4, -0.2) is 42.9 Å². The van der Waals surface area contributed by atoms with Crippen molar-refractivity contribution < 1.29 is 9.59 Å². The van der Waals surface area contributed by atoms with Crippen molar-refractivity contribution in [3.05, 3.63) is 55.6 Å². The van der Waals surface area contributed by atoms with Gasteiger partial charge >= 0.3 is 0 Å². The molecular weight excluding hydrogens is 512 g/mol. The molecule has 2 aromatic carbocycles. The summed E-state index contributed by atoms with van der Waals surface area (Å²) in [6.45, 7) is 4.58. The lowest BCUT2D eigenvalue weighted by atomic mass is 10.1. The van der Waals surface area contributed by atoms with Crippen LogP contribution >= 0.6 is 45.8 Å². The van der Waals surface area contributed by atoms with Crippen molar-refractivity contribution in [1.29, 1.82) is 0 Å². The van der Waals surface area contributed by atoms with E-state index in [2.05, 4.69) is 32.8 Å². The molecular formula is C20H20Cl2IN3O2. The fraction of sp³-hybridized carbons (Fsp3) is 0.300. The molecule has 1 heterocycles. The van der Waals surface area contributed by atoms with Gasteiger partial charge in [-0.2, -0.15) is 0 Å². The van der Waals surface area contributed by atoms with Crippen molar-refractivity contribution in [2.75, 3.05) is 36.4 Å². The highest BCUT2D eigenvalue weighted by molar-refractivity contribution is 14.1. The number of nitrogens with zero attached hydrogens (tertiary/aromatic N) is 2. The topological polar surface area (TPSA) is 52.7 Å². The number of carbonyl (C=O) groups excluding carboxylic acids is 2. The lowest BCUT2D eigenvalue weighted by Gasteiger charge is -2.37. The molecule has 0 aliphatic carbocycles. The smallest absolute Gasteiger partial charge is 0.257 e. The van der Waals surface area contributed by atoms with Gasteiger partial charge in [0.1, 0.15) is 0 Å². The molecule has 8 heteroatoms. The van der Waals surface area contributed by atoms with Crippen LogP contribution in [-0.2, 0) is 4.79 Å². The van der Waals surface area contributed by atoms with Crippen molar-refractivity contribution >= 4 is 69.0 Å². The average Bonchev–Trinajstić information content (AvgIpc) is 2.69. The van der Waals surface area contributed by atoms with E-state index in [4.69, 9.17) is 23.2 Å². The van der Waals surface area contributed by atoms with Crippen molar-refractivity contribution in [2.45, 2.75) is 13.3 Å². The maximum atomic E-state index is 12.8. The summed E-state index contributed by atoms with van der Waals surface area (Å²) in [6.07, 6.45) is 0.513. The van der Waals surface area contributed by atoms with Gasteiger partial charge in [-0.15, -0.1) is 0 Å². The summed E-state index contributed by atoms with van der Waals surface area (Å²) in [5, 5.41) is 3.88. The zero-order valence-corrected chi connectivity index (χ0v) is 19.0. The molecule has 148 valence electrons. The third-order valence-corrected chi connectivity index (χ3v) is 5.89. The monoisotopic (exact) mass is 531 g/mol. The van der Waals surface area contributed by atoms with Gasteiger partial charge in [-0.25, -0.2) is 0 Å². The number of hydrogen-bond donors (Lipinski definition) is 1. The van der Waals surface area contributed by atoms with Crippen molar-refractivity contribution in [3.8, 4) is 0 Å².